The average Bonchev–Trinajstić information content (AvgIpc) is 3.24. The molecule has 3 aliphatic rings. The number of ether oxygens (including phenoxy) is 1. The van der Waals surface area contributed by atoms with Gasteiger partial charge < -0.3 is 4.74 Å². The number of amides is 1. The fourth-order valence-electron chi connectivity index (χ4n) is 3.51. The summed E-state index contributed by atoms with van der Waals surface area (Å²) in [6.45, 7) is 2.06. The molecule has 1 aromatic rings. The van der Waals surface area contributed by atoms with Crippen LogP contribution in [-0.2, 0) is 14.3 Å². The van der Waals surface area contributed by atoms with E-state index < -0.39 is 12.1 Å². The van der Waals surface area contributed by atoms with E-state index in [0.29, 0.717) is 24.6 Å². The van der Waals surface area contributed by atoms with Crippen LogP contribution in [0.5, 0.6) is 0 Å². The van der Waals surface area contributed by atoms with Gasteiger partial charge in [-0.25, -0.2) is 4.79 Å². The van der Waals surface area contributed by atoms with Gasteiger partial charge in [0.15, 0.2) is 11.9 Å². The Balaban J connectivity index is 1.66. The number of amidine groups is 1. The number of nitrogens with zero attached hydrogens (tertiary/aromatic N) is 4. The summed E-state index contributed by atoms with van der Waals surface area (Å²) in [6, 6.07) is 7.53. The molecule has 0 bridgehead atoms. The number of rotatable bonds is 4. The maximum absolute atomic E-state index is 12.4. The first kappa shape index (κ1) is 16.4. The number of nitrogens with one attached hydrogen (secondary N) is 1. The zero-order chi connectivity index (χ0) is 18.1. The van der Waals surface area contributed by atoms with Crippen molar-refractivity contribution in [3.8, 4) is 0 Å². The highest BCUT2D eigenvalue weighted by Gasteiger charge is 2.51. The van der Waals surface area contributed by atoms with Crippen molar-refractivity contribution >= 4 is 23.4 Å². The first-order valence-corrected chi connectivity index (χ1v) is 8.65. The summed E-state index contributed by atoms with van der Waals surface area (Å²) >= 11 is 0. The van der Waals surface area contributed by atoms with E-state index in [1.165, 1.54) is 0 Å². The number of hydrazine groups is 1. The highest BCUT2D eigenvalue weighted by Crippen LogP contribution is 2.35. The Morgan fingerprint density at radius 3 is 2.96 bits per heavy atom. The van der Waals surface area contributed by atoms with Gasteiger partial charge in [0.1, 0.15) is 0 Å². The van der Waals surface area contributed by atoms with Crippen LogP contribution in [0.3, 0.4) is 0 Å². The molecule has 2 aliphatic heterocycles. The Morgan fingerprint density at radius 2 is 2.19 bits per heavy atom. The summed E-state index contributed by atoms with van der Waals surface area (Å²) in [6.07, 6.45) is 4.71. The second-order valence-electron chi connectivity index (χ2n) is 6.30. The third kappa shape index (κ3) is 2.77. The van der Waals surface area contributed by atoms with Gasteiger partial charge in [-0.15, -0.1) is 0 Å². The summed E-state index contributed by atoms with van der Waals surface area (Å²) in [7, 11) is 0. The van der Waals surface area contributed by atoms with Crippen molar-refractivity contribution in [3.63, 3.8) is 0 Å². The molecule has 0 radical (unpaired) electrons. The second kappa shape index (κ2) is 6.70. The van der Waals surface area contributed by atoms with E-state index in [2.05, 4.69) is 20.6 Å². The maximum atomic E-state index is 12.4. The predicted octanol–water partition coefficient (Wildman–Crippen LogP) is 1.77. The van der Waals surface area contributed by atoms with Gasteiger partial charge in [-0.3, -0.25) is 20.2 Å². The molecule has 4 rings (SSSR count). The van der Waals surface area contributed by atoms with E-state index in [1.807, 2.05) is 30.4 Å². The van der Waals surface area contributed by atoms with Crippen molar-refractivity contribution in [2.45, 2.75) is 31.5 Å². The fourth-order valence-corrected chi connectivity index (χ4v) is 3.51. The van der Waals surface area contributed by atoms with Crippen LogP contribution in [0.1, 0.15) is 13.3 Å². The van der Waals surface area contributed by atoms with Crippen molar-refractivity contribution in [2.24, 2.45) is 21.1 Å². The number of fused-ring (bicyclic) bond motifs is 3. The van der Waals surface area contributed by atoms with Gasteiger partial charge in [0.05, 0.1) is 18.3 Å². The van der Waals surface area contributed by atoms with E-state index in [1.54, 1.807) is 24.1 Å². The van der Waals surface area contributed by atoms with Crippen molar-refractivity contribution in [2.75, 3.05) is 6.61 Å². The Morgan fingerprint density at radius 1 is 1.38 bits per heavy atom. The molecule has 1 amide bonds. The molecule has 4 unspecified atom stereocenters. The van der Waals surface area contributed by atoms with Crippen LogP contribution in [0.2, 0.25) is 0 Å². The van der Waals surface area contributed by atoms with Crippen molar-refractivity contribution < 1.29 is 14.3 Å². The molecule has 1 saturated heterocycles. The van der Waals surface area contributed by atoms with Crippen LogP contribution in [0.4, 0.5) is 5.69 Å². The lowest BCUT2D eigenvalue weighted by atomic mass is 9.91. The third-order valence-corrected chi connectivity index (χ3v) is 4.70. The van der Waals surface area contributed by atoms with Gasteiger partial charge in [0.2, 0.25) is 6.04 Å². The zero-order valence-electron chi connectivity index (χ0n) is 14.3. The first-order valence-electron chi connectivity index (χ1n) is 8.65. The SMILES string of the molecule is CCOC(=O)C1N=C2C(N=Nc3ccccc3)C(=O)NN2C2C=CCC12. The Kier molecular flexibility index (Phi) is 4.24. The number of carbonyl (C=O) groups is 2. The Hall–Kier alpha value is -3.03. The zero-order valence-corrected chi connectivity index (χ0v) is 14.3. The predicted molar refractivity (Wildman–Crippen MR) is 93.6 cm³/mol. The van der Waals surface area contributed by atoms with Crippen molar-refractivity contribution in [1.29, 1.82) is 0 Å². The van der Waals surface area contributed by atoms with Gasteiger partial charge in [-0.1, -0.05) is 30.4 Å². The molecule has 0 spiro atoms. The monoisotopic (exact) mass is 353 g/mol. The van der Waals surface area contributed by atoms with Gasteiger partial charge in [-0.05, 0) is 25.5 Å². The summed E-state index contributed by atoms with van der Waals surface area (Å²) in [5.41, 5.74) is 3.46. The van der Waals surface area contributed by atoms with E-state index in [4.69, 9.17) is 4.74 Å². The number of hydrogen-bond acceptors (Lipinski definition) is 7. The number of hydrogen-bond donors (Lipinski definition) is 1. The van der Waals surface area contributed by atoms with Crippen LogP contribution in [0.25, 0.3) is 0 Å². The molecule has 8 heteroatoms. The Bertz CT molecular complexity index is 804. The molecule has 2 heterocycles. The van der Waals surface area contributed by atoms with Crippen LogP contribution < -0.4 is 5.43 Å². The van der Waals surface area contributed by atoms with Gasteiger partial charge >= 0.3 is 5.97 Å². The minimum absolute atomic E-state index is 0.0529. The molecular weight excluding hydrogens is 334 g/mol. The topological polar surface area (TPSA) is 95.7 Å². The lowest BCUT2D eigenvalue weighted by Gasteiger charge is -2.36. The number of esters is 1. The first-order chi connectivity index (χ1) is 12.7. The van der Waals surface area contributed by atoms with Crippen molar-refractivity contribution in [3.05, 3.63) is 42.5 Å². The summed E-state index contributed by atoms with van der Waals surface area (Å²) < 4.78 is 5.18. The molecule has 26 heavy (non-hydrogen) atoms. The molecule has 0 saturated carbocycles. The van der Waals surface area contributed by atoms with Crippen molar-refractivity contribution in [1.82, 2.24) is 10.4 Å². The highest BCUT2D eigenvalue weighted by atomic mass is 16.5. The van der Waals surface area contributed by atoms with E-state index in [-0.39, 0.29) is 23.8 Å². The van der Waals surface area contributed by atoms with Crippen LogP contribution in [0, 0.1) is 5.92 Å². The van der Waals surface area contributed by atoms with E-state index >= 15 is 0 Å². The number of allylic oxidation sites excluding steroid dienone is 1. The smallest absolute Gasteiger partial charge is 0.331 e. The molecule has 1 fully saturated rings. The highest BCUT2D eigenvalue weighted by molar-refractivity contribution is 6.13. The number of carbonyl (C=O) groups excluding carboxylic acids is 2. The fraction of sp³-hybridized carbons (Fsp3) is 0.389. The molecular formula is C18H19N5O3. The molecule has 8 nitrogen and oxygen atoms in total. The number of aliphatic imine (C=N–C) groups is 1. The molecule has 1 N–H and O–H groups in total. The van der Waals surface area contributed by atoms with E-state index in [0.717, 1.165) is 0 Å². The number of benzene rings is 1. The average molecular weight is 353 g/mol. The van der Waals surface area contributed by atoms with E-state index in [9.17, 15) is 9.59 Å². The molecule has 1 aliphatic carbocycles. The maximum Gasteiger partial charge on any atom is 0.331 e. The minimum atomic E-state index is -0.873. The third-order valence-electron chi connectivity index (χ3n) is 4.70. The van der Waals surface area contributed by atoms with Crippen LogP contribution in [0.15, 0.2) is 57.7 Å². The standard InChI is InChI=1S/C18H19N5O3/c1-2-26-18(25)14-12-9-6-10-13(12)23-16(19-14)15(17(24)22-23)21-20-11-7-4-3-5-8-11/h3-8,10,12-15H,2,9H2,1H3,(H,22,24). The minimum Gasteiger partial charge on any atom is -0.464 e. The lowest BCUT2D eigenvalue weighted by molar-refractivity contribution is -0.146. The lowest BCUT2D eigenvalue weighted by Crippen LogP contribution is -2.54. The molecule has 1 aromatic carbocycles. The summed E-state index contributed by atoms with van der Waals surface area (Å²) in [4.78, 5) is 29.3. The Labute approximate surface area is 150 Å². The summed E-state index contributed by atoms with van der Waals surface area (Å²) in [5.74, 6) is -0.299. The number of azo groups is 1. The van der Waals surface area contributed by atoms with Crippen LogP contribution in [-0.4, -0.2) is 47.5 Å². The van der Waals surface area contributed by atoms with Gasteiger partial charge in [0.25, 0.3) is 5.91 Å². The van der Waals surface area contributed by atoms with Gasteiger partial charge in [-0.2, -0.15) is 10.2 Å². The largest absolute Gasteiger partial charge is 0.464 e. The quantitative estimate of drug-likeness (QED) is 0.507. The molecule has 4 atom stereocenters. The molecule has 0 aromatic heterocycles. The normalized spacial score (nSPS) is 29.3. The summed E-state index contributed by atoms with van der Waals surface area (Å²) in [5, 5.41) is 10.0. The second-order valence-corrected chi connectivity index (χ2v) is 6.30. The van der Waals surface area contributed by atoms with Crippen LogP contribution >= 0.6 is 0 Å². The van der Waals surface area contributed by atoms with Gasteiger partial charge in [0, 0.05) is 5.92 Å². The molecule has 134 valence electrons.